The molecule has 1 atom stereocenters. The van der Waals surface area contributed by atoms with Crippen molar-refractivity contribution in [2.75, 3.05) is 6.66 Å². The zero-order valence-corrected chi connectivity index (χ0v) is 5.50. The summed E-state index contributed by atoms with van der Waals surface area (Å²) in [7, 11) is 0.887. The molecule has 0 aromatic carbocycles. The lowest BCUT2D eigenvalue weighted by atomic mass is 10.6. The average molecular weight is 119 g/mol. The predicted octanol–water partition coefficient (Wildman–Crippen LogP) is -0.419. The summed E-state index contributed by atoms with van der Waals surface area (Å²) >= 11 is 0. The molecule has 0 aromatic rings. The first-order valence-electron chi connectivity index (χ1n) is 2.25. The maximum Gasteiger partial charge on any atom is 0.110 e. The van der Waals surface area contributed by atoms with E-state index in [1.165, 1.54) is 0 Å². The second-order valence-electron chi connectivity index (χ2n) is 1.75. The van der Waals surface area contributed by atoms with Gasteiger partial charge in [0.1, 0.15) is 5.40 Å². The molecule has 1 unspecified atom stereocenters. The zero-order valence-electron chi connectivity index (χ0n) is 4.50. The van der Waals surface area contributed by atoms with Crippen LogP contribution < -0.4 is 16.4 Å². The van der Waals surface area contributed by atoms with Crippen molar-refractivity contribution in [3.8, 4) is 0 Å². The lowest BCUT2D eigenvalue weighted by Gasteiger charge is -2.40. The van der Waals surface area contributed by atoms with Crippen LogP contribution in [0.1, 0.15) is 6.92 Å². The fourth-order valence-corrected chi connectivity index (χ4v) is 0.750. The van der Waals surface area contributed by atoms with Crippen LogP contribution in [0.25, 0.3) is 0 Å². The Bertz CT molecular complexity index is 65.1. The van der Waals surface area contributed by atoms with Gasteiger partial charge in [-0.3, -0.25) is 0 Å². The first kappa shape index (κ1) is 5.45. The normalized spacial score (nSPS) is 28.3. The molecule has 0 amide bonds. The molecule has 1 saturated heterocycles. The Balaban J connectivity index is 2.29. The number of hydrazine groups is 2. The third-order valence-electron chi connectivity index (χ3n) is 1.12. The Kier molecular flexibility index (Phi) is 1.30. The highest BCUT2D eigenvalue weighted by Crippen LogP contribution is 2.22. The third-order valence-corrected chi connectivity index (χ3v) is 2.38. The molecule has 1 fully saturated rings. The summed E-state index contributed by atoms with van der Waals surface area (Å²) in [4.78, 5) is 0. The highest BCUT2D eigenvalue weighted by Gasteiger charge is 2.27. The summed E-state index contributed by atoms with van der Waals surface area (Å²) in [6.45, 7) is 4.27. The Morgan fingerprint density at radius 2 is 2.00 bits per heavy atom. The van der Waals surface area contributed by atoms with Gasteiger partial charge < -0.3 is 0 Å². The largest absolute Gasteiger partial charge is 0.220 e. The van der Waals surface area contributed by atoms with Crippen LogP contribution in [0, 0.1) is 0 Å². The molecule has 0 bridgehead atoms. The fraction of sp³-hybridized carbons (Fsp3) is 1.00. The number of rotatable bonds is 1. The quantitative estimate of drug-likeness (QED) is 0.410. The van der Waals surface area contributed by atoms with Crippen molar-refractivity contribution in [3.63, 3.8) is 0 Å². The topological polar surface area (TPSA) is 36.1 Å². The maximum atomic E-state index is 3.02. The van der Waals surface area contributed by atoms with Crippen LogP contribution in [0.5, 0.6) is 0 Å². The fourth-order valence-electron chi connectivity index (χ4n) is 0.375. The molecule has 0 aromatic heterocycles. The van der Waals surface area contributed by atoms with E-state index in [0.717, 1.165) is 8.58 Å². The van der Waals surface area contributed by atoms with Gasteiger partial charge in [0, 0.05) is 0 Å². The van der Waals surface area contributed by atoms with E-state index in [-0.39, 0.29) is 5.40 Å². The van der Waals surface area contributed by atoms with E-state index < -0.39 is 0 Å². The third kappa shape index (κ3) is 0.916. The van der Waals surface area contributed by atoms with Gasteiger partial charge in [-0.15, -0.1) is 0 Å². The van der Waals surface area contributed by atoms with Crippen LogP contribution in [-0.4, -0.2) is 12.1 Å². The van der Waals surface area contributed by atoms with Crippen LogP contribution in [0.3, 0.4) is 0 Å². The summed E-state index contributed by atoms with van der Waals surface area (Å²) in [5.41, 5.74) is 8.81. The molecule has 0 saturated carbocycles. The number of nitrogens with one attached hydrogen (secondary N) is 3. The van der Waals surface area contributed by atoms with Gasteiger partial charge in [-0.05, 0) is 13.6 Å². The molecule has 0 spiro atoms. The van der Waals surface area contributed by atoms with Crippen LogP contribution in [0.4, 0.5) is 0 Å². The van der Waals surface area contributed by atoms with Crippen molar-refractivity contribution < 1.29 is 0 Å². The van der Waals surface area contributed by atoms with Gasteiger partial charge >= 0.3 is 0 Å². The maximum absolute atomic E-state index is 3.02. The molecule has 0 radical (unpaired) electrons. The molecular weight excluding hydrogens is 109 g/mol. The molecule has 1 aliphatic heterocycles. The van der Waals surface area contributed by atoms with Crippen LogP contribution in [0.15, 0.2) is 0 Å². The van der Waals surface area contributed by atoms with Crippen molar-refractivity contribution in [1.29, 1.82) is 0 Å². The van der Waals surface area contributed by atoms with Gasteiger partial charge in [0.05, 0.1) is 0 Å². The van der Waals surface area contributed by atoms with Gasteiger partial charge in [-0.2, -0.15) is 5.53 Å². The molecule has 1 heterocycles. The Morgan fingerprint density at radius 1 is 1.43 bits per heavy atom. The molecule has 3 nitrogen and oxygen atoms in total. The summed E-state index contributed by atoms with van der Waals surface area (Å²) in [5, 5.41) is 0.181. The standard InChI is InChI=1S/C3H10N3P/c1-3(7-2)4-6-5-3/h4-7H,1-2H3. The average Bonchev–Trinajstić information content (AvgIpc) is 1.61. The lowest BCUT2D eigenvalue weighted by Crippen LogP contribution is -2.75. The van der Waals surface area contributed by atoms with Crippen LogP contribution in [-0.2, 0) is 0 Å². The van der Waals surface area contributed by atoms with E-state index in [1.54, 1.807) is 0 Å². The monoisotopic (exact) mass is 119 g/mol. The lowest BCUT2D eigenvalue weighted by molar-refractivity contribution is 0.167. The molecule has 1 rings (SSSR count). The van der Waals surface area contributed by atoms with E-state index in [4.69, 9.17) is 0 Å². The van der Waals surface area contributed by atoms with Crippen LogP contribution >= 0.6 is 8.58 Å². The Labute approximate surface area is 45.0 Å². The molecule has 1 aliphatic rings. The minimum absolute atomic E-state index is 0.181. The van der Waals surface area contributed by atoms with Crippen molar-refractivity contribution in [3.05, 3.63) is 0 Å². The van der Waals surface area contributed by atoms with E-state index >= 15 is 0 Å². The van der Waals surface area contributed by atoms with Gasteiger partial charge in [-0.1, -0.05) is 8.58 Å². The molecule has 0 aliphatic carbocycles. The molecule has 42 valence electrons. The van der Waals surface area contributed by atoms with Crippen LogP contribution in [0.2, 0.25) is 0 Å². The van der Waals surface area contributed by atoms with Gasteiger partial charge in [-0.25, -0.2) is 10.9 Å². The highest BCUT2D eigenvalue weighted by atomic mass is 31.1. The minimum atomic E-state index is 0.181. The minimum Gasteiger partial charge on any atom is -0.220 e. The first-order valence-corrected chi connectivity index (χ1v) is 3.75. The zero-order chi connectivity index (χ0) is 5.33. The summed E-state index contributed by atoms with van der Waals surface area (Å²) in [6.07, 6.45) is 0. The van der Waals surface area contributed by atoms with E-state index in [1.807, 2.05) is 0 Å². The van der Waals surface area contributed by atoms with Gasteiger partial charge in [0.15, 0.2) is 0 Å². The van der Waals surface area contributed by atoms with E-state index in [9.17, 15) is 0 Å². The summed E-state index contributed by atoms with van der Waals surface area (Å²) in [5.74, 6) is 0. The van der Waals surface area contributed by atoms with Crippen molar-refractivity contribution in [1.82, 2.24) is 16.4 Å². The number of hydrogen-bond donors (Lipinski definition) is 3. The predicted molar refractivity (Wildman–Crippen MR) is 32.1 cm³/mol. The van der Waals surface area contributed by atoms with E-state index in [0.29, 0.717) is 0 Å². The Morgan fingerprint density at radius 3 is 2.00 bits per heavy atom. The molecular formula is C3H10N3P. The van der Waals surface area contributed by atoms with Crippen molar-refractivity contribution in [2.45, 2.75) is 12.3 Å². The smallest absolute Gasteiger partial charge is 0.110 e. The summed E-state index contributed by atoms with van der Waals surface area (Å²) in [6, 6.07) is 0. The second-order valence-corrected chi connectivity index (χ2v) is 3.25. The number of hydrogen-bond acceptors (Lipinski definition) is 3. The Hall–Kier alpha value is 0.310. The van der Waals surface area contributed by atoms with Gasteiger partial charge in [0.25, 0.3) is 0 Å². The molecule has 3 N–H and O–H groups in total. The first-order chi connectivity index (χ1) is 3.27. The molecule has 4 heteroatoms. The van der Waals surface area contributed by atoms with E-state index in [2.05, 4.69) is 30.0 Å². The summed E-state index contributed by atoms with van der Waals surface area (Å²) < 4.78 is 0. The van der Waals surface area contributed by atoms with Crippen molar-refractivity contribution in [2.24, 2.45) is 0 Å². The van der Waals surface area contributed by atoms with Gasteiger partial charge in [0.2, 0.25) is 0 Å². The van der Waals surface area contributed by atoms with Crippen molar-refractivity contribution >= 4 is 8.58 Å². The second kappa shape index (κ2) is 1.67. The highest BCUT2D eigenvalue weighted by molar-refractivity contribution is 7.38. The SMILES string of the molecule is CPC1(C)NNN1. The molecule has 7 heavy (non-hydrogen) atoms.